The quantitative estimate of drug-likeness (QED) is 0.501. The van der Waals surface area contributed by atoms with Gasteiger partial charge in [-0.3, -0.25) is 4.98 Å². The predicted molar refractivity (Wildman–Crippen MR) is 118 cm³/mol. The van der Waals surface area contributed by atoms with Crippen molar-refractivity contribution in [2.45, 2.75) is 0 Å². The molecular formula is C23H19N3O6. The van der Waals surface area contributed by atoms with Crippen molar-refractivity contribution in [1.82, 2.24) is 14.1 Å². The Labute approximate surface area is 181 Å². The molecule has 1 heterocycles. The van der Waals surface area contributed by atoms with Gasteiger partial charge in [0.15, 0.2) is 11.5 Å². The van der Waals surface area contributed by atoms with Crippen LogP contribution in [0.3, 0.4) is 0 Å². The third kappa shape index (κ3) is 3.91. The first-order valence-corrected chi connectivity index (χ1v) is 9.56. The highest BCUT2D eigenvalue weighted by Gasteiger charge is 2.16. The number of benzene rings is 3. The minimum absolute atomic E-state index is 0.199. The van der Waals surface area contributed by atoms with E-state index in [2.05, 4.69) is 4.98 Å². The summed E-state index contributed by atoms with van der Waals surface area (Å²) in [5.74, 6) is 1.75. The van der Waals surface area contributed by atoms with Gasteiger partial charge in [0.05, 0.1) is 25.6 Å². The van der Waals surface area contributed by atoms with Crippen LogP contribution in [0.2, 0.25) is 0 Å². The first kappa shape index (κ1) is 20.7. The summed E-state index contributed by atoms with van der Waals surface area (Å²) in [6.07, 6.45) is 0. The average molecular weight is 433 g/mol. The molecule has 0 bridgehead atoms. The van der Waals surface area contributed by atoms with Crippen LogP contribution < -0.4 is 31.3 Å². The van der Waals surface area contributed by atoms with Gasteiger partial charge in [-0.25, -0.2) is 23.5 Å². The fourth-order valence-corrected chi connectivity index (χ4v) is 3.18. The van der Waals surface area contributed by atoms with Crippen LogP contribution in [0.15, 0.2) is 87.2 Å². The molecule has 0 unspecified atom stereocenters. The highest BCUT2D eigenvalue weighted by Crippen LogP contribution is 2.32. The molecular weight excluding hydrogens is 414 g/mol. The fourth-order valence-electron chi connectivity index (χ4n) is 3.18. The van der Waals surface area contributed by atoms with E-state index in [9.17, 15) is 14.4 Å². The van der Waals surface area contributed by atoms with E-state index in [1.807, 2.05) is 18.2 Å². The van der Waals surface area contributed by atoms with E-state index in [1.165, 1.54) is 32.4 Å². The van der Waals surface area contributed by atoms with Crippen LogP contribution in [0.1, 0.15) is 0 Å². The second kappa shape index (κ2) is 8.68. The number of aromatic amines is 1. The van der Waals surface area contributed by atoms with Crippen LogP contribution >= 0.6 is 0 Å². The van der Waals surface area contributed by atoms with Gasteiger partial charge in [-0.05, 0) is 36.4 Å². The van der Waals surface area contributed by atoms with E-state index in [4.69, 9.17) is 14.2 Å². The van der Waals surface area contributed by atoms with Crippen LogP contribution in [0.4, 0.5) is 0 Å². The van der Waals surface area contributed by atoms with Gasteiger partial charge in [-0.1, -0.05) is 24.3 Å². The molecule has 1 N–H and O–H groups in total. The van der Waals surface area contributed by atoms with Gasteiger partial charge < -0.3 is 14.2 Å². The van der Waals surface area contributed by atoms with Gasteiger partial charge in [0.1, 0.15) is 11.5 Å². The van der Waals surface area contributed by atoms with Crippen LogP contribution in [-0.2, 0) is 0 Å². The topological polar surface area (TPSA) is 105 Å². The first-order valence-electron chi connectivity index (χ1n) is 9.56. The predicted octanol–water partition coefficient (Wildman–Crippen LogP) is 2.49. The summed E-state index contributed by atoms with van der Waals surface area (Å²) in [5.41, 5.74) is -2.13. The number of nitrogens with zero attached hydrogens (tertiary/aromatic N) is 2. The third-order valence-corrected chi connectivity index (χ3v) is 4.69. The molecule has 0 fully saturated rings. The zero-order chi connectivity index (χ0) is 22.7. The zero-order valence-electron chi connectivity index (χ0n) is 17.3. The van der Waals surface area contributed by atoms with Crippen molar-refractivity contribution in [2.75, 3.05) is 14.2 Å². The lowest BCUT2D eigenvalue weighted by Gasteiger charge is -2.13. The highest BCUT2D eigenvalue weighted by molar-refractivity contribution is 5.50. The van der Waals surface area contributed by atoms with Crippen molar-refractivity contribution in [3.63, 3.8) is 0 Å². The minimum atomic E-state index is -0.877. The molecule has 0 spiro atoms. The van der Waals surface area contributed by atoms with Gasteiger partial charge >= 0.3 is 17.1 Å². The van der Waals surface area contributed by atoms with Crippen molar-refractivity contribution in [3.05, 3.63) is 104 Å². The number of rotatable bonds is 6. The molecule has 0 aliphatic rings. The Morgan fingerprint density at radius 2 is 1.31 bits per heavy atom. The Balaban J connectivity index is 1.84. The second-order valence-corrected chi connectivity index (χ2v) is 6.64. The number of aromatic nitrogens is 3. The largest absolute Gasteiger partial charge is 0.497 e. The van der Waals surface area contributed by atoms with Crippen molar-refractivity contribution in [2.24, 2.45) is 0 Å². The smallest absolute Gasteiger partial charge is 0.345 e. The lowest BCUT2D eigenvalue weighted by Crippen LogP contribution is -2.48. The normalized spacial score (nSPS) is 10.6. The Morgan fingerprint density at radius 3 is 1.97 bits per heavy atom. The standard InChI is InChI=1S/C23H19N3O6/c1-30-18-10-6-7-15(13-18)25-21(27)24-22(28)26(23(25)29)16-11-12-19(20(14-16)31-2)32-17-8-4-3-5-9-17/h3-14H,1-2H3,(H,24,27,28). The van der Waals surface area contributed by atoms with Crippen LogP contribution in [0.25, 0.3) is 11.4 Å². The summed E-state index contributed by atoms with van der Waals surface area (Å²) in [6, 6.07) is 20.1. The molecule has 0 aliphatic heterocycles. The van der Waals surface area contributed by atoms with Gasteiger partial charge in [0.25, 0.3) is 0 Å². The van der Waals surface area contributed by atoms with Crippen molar-refractivity contribution in [1.29, 1.82) is 0 Å². The maximum Gasteiger partial charge on any atom is 0.345 e. The molecule has 4 rings (SSSR count). The Bertz CT molecular complexity index is 1440. The summed E-state index contributed by atoms with van der Waals surface area (Å²) in [4.78, 5) is 40.3. The first-order chi connectivity index (χ1) is 15.5. The third-order valence-electron chi connectivity index (χ3n) is 4.69. The number of nitrogens with one attached hydrogen (secondary N) is 1. The van der Waals surface area contributed by atoms with Crippen molar-refractivity contribution < 1.29 is 14.2 Å². The number of H-pyrrole nitrogens is 1. The van der Waals surface area contributed by atoms with E-state index < -0.39 is 17.1 Å². The molecule has 162 valence electrons. The molecule has 1 aromatic heterocycles. The number of hydrogen-bond donors (Lipinski definition) is 1. The molecule has 0 amide bonds. The lowest BCUT2D eigenvalue weighted by atomic mass is 10.2. The minimum Gasteiger partial charge on any atom is -0.497 e. The van der Waals surface area contributed by atoms with Crippen LogP contribution in [-0.4, -0.2) is 28.3 Å². The molecule has 0 aliphatic carbocycles. The van der Waals surface area contributed by atoms with E-state index in [0.29, 0.717) is 23.0 Å². The molecule has 0 radical (unpaired) electrons. The molecule has 4 aromatic rings. The molecule has 0 saturated carbocycles. The van der Waals surface area contributed by atoms with E-state index >= 15 is 0 Å². The van der Waals surface area contributed by atoms with Gasteiger partial charge in [0, 0.05) is 12.1 Å². The Kier molecular flexibility index (Phi) is 5.63. The Hall–Kier alpha value is -4.53. The molecule has 3 aromatic carbocycles. The average Bonchev–Trinajstić information content (AvgIpc) is 2.80. The summed E-state index contributed by atoms with van der Waals surface area (Å²) < 4.78 is 18.1. The van der Waals surface area contributed by atoms with E-state index in [0.717, 1.165) is 9.13 Å². The summed E-state index contributed by atoms with van der Waals surface area (Å²) in [5, 5.41) is 0. The number of methoxy groups -OCH3 is 2. The van der Waals surface area contributed by atoms with Gasteiger partial charge in [-0.2, -0.15) is 0 Å². The van der Waals surface area contributed by atoms with E-state index in [1.54, 1.807) is 36.4 Å². The molecule has 9 nitrogen and oxygen atoms in total. The van der Waals surface area contributed by atoms with E-state index in [-0.39, 0.29) is 11.4 Å². The Morgan fingerprint density at radius 1 is 0.656 bits per heavy atom. The van der Waals surface area contributed by atoms with Crippen molar-refractivity contribution >= 4 is 0 Å². The maximum absolute atomic E-state index is 13.2. The zero-order valence-corrected chi connectivity index (χ0v) is 17.3. The summed E-state index contributed by atoms with van der Waals surface area (Å²) >= 11 is 0. The van der Waals surface area contributed by atoms with Crippen LogP contribution in [0, 0.1) is 0 Å². The lowest BCUT2D eigenvalue weighted by molar-refractivity contribution is 0.378. The molecule has 0 atom stereocenters. The summed E-state index contributed by atoms with van der Waals surface area (Å²) in [6.45, 7) is 0. The second-order valence-electron chi connectivity index (χ2n) is 6.64. The number of hydrogen-bond acceptors (Lipinski definition) is 6. The number of para-hydroxylation sites is 1. The highest BCUT2D eigenvalue weighted by atomic mass is 16.5. The maximum atomic E-state index is 13.2. The molecule has 9 heteroatoms. The van der Waals surface area contributed by atoms with Crippen LogP contribution in [0.5, 0.6) is 23.0 Å². The van der Waals surface area contributed by atoms with Gasteiger partial charge in [-0.15, -0.1) is 0 Å². The SMILES string of the molecule is COc1cccc(-n2c(=O)[nH]c(=O)n(-c3ccc(Oc4ccccc4)c(OC)c3)c2=O)c1. The van der Waals surface area contributed by atoms with Crippen molar-refractivity contribution in [3.8, 4) is 34.4 Å². The fraction of sp³-hybridized carbons (Fsp3) is 0.0870. The monoisotopic (exact) mass is 433 g/mol. The van der Waals surface area contributed by atoms with Gasteiger partial charge in [0.2, 0.25) is 0 Å². The molecule has 0 saturated heterocycles. The summed E-state index contributed by atoms with van der Waals surface area (Å²) in [7, 11) is 2.92. The molecule has 32 heavy (non-hydrogen) atoms. The number of ether oxygens (including phenoxy) is 3.